The molecule has 0 radical (unpaired) electrons. The molecule has 0 aromatic carbocycles. The first-order valence-electron chi connectivity index (χ1n) is 9.51. The SMILES string of the molecule is Cc1ccncc1C(=O)N1C2CCC1Cn1c(nn(CC3CC3)c1=O)C2. The molecule has 2 aliphatic heterocycles. The van der Waals surface area contributed by atoms with E-state index in [1.54, 1.807) is 17.1 Å². The number of aryl methyl sites for hydroxylation is 1. The molecule has 0 N–H and O–H groups in total. The van der Waals surface area contributed by atoms with Gasteiger partial charge >= 0.3 is 5.69 Å². The van der Waals surface area contributed by atoms with Gasteiger partial charge in [0.2, 0.25) is 0 Å². The monoisotopic (exact) mass is 353 g/mol. The fourth-order valence-corrected chi connectivity index (χ4v) is 4.41. The van der Waals surface area contributed by atoms with Crippen LogP contribution in [0, 0.1) is 12.8 Å². The van der Waals surface area contributed by atoms with Crippen LogP contribution in [0.5, 0.6) is 0 Å². The average molecular weight is 353 g/mol. The number of amides is 1. The lowest BCUT2D eigenvalue weighted by atomic mass is 10.1. The summed E-state index contributed by atoms with van der Waals surface area (Å²) in [4.78, 5) is 32.1. The molecule has 2 fully saturated rings. The molecule has 4 heterocycles. The van der Waals surface area contributed by atoms with E-state index in [-0.39, 0.29) is 23.7 Å². The van der Waals surface area contributed by atoms with Gasteiger partial charge in [0.1, 0.15) is 5.82 Å². The van der Waals surface area contributed by atoms with Gasteiger partial charge in [-0.2, -0.15) is 5.10 Å². The minimum absolute atomic E-state index is 0.00981. The van der Waals surface area contributed by atoms with Crippen molar-refractivity contribution in [2.24, 2.45) is 5.92 Å². The molecule has 2 atom stereocenters. The molecule has 7 heteroatoms. The second kappa shape index (κ2) is 5.79. The van der Waals surface area contributed by atoms with Gasteiger partial charge in [-0.25, -0.2) is 9.48 Å². The van der Waals surface area contributed by atoms with Crippen molar-refractivity contribution in [3.8, 4) is 0 Å². The van der Waals surface area contributed by atoms with E-state index in [2.05, 4.69) is 10.1 Å². The van der Waals surface area contributed by atoms with Crippen LogP contribution in [0.25, 0.3) is 0 Å². The summed E-state index contributed by atoms with van der Waals surface area (Å²) in [5.74, 6) is 1.49. The molecule has 1 aliphatic carbocycles. The Morgan fingerprint density at radius 2 is 2.04 bits per heavy atom. The van der Waals surface area contributed by atoms with Crippen molar-refractivity contribution in [2.75, 3.05) is 0 Å². The zero-order chi connectivity index (χ0) is 17.8. The Balaban J connectivity index is 1.46. The molecule has 2 bridgehead atoms. The van der Waals surface area contributed by atoms with Crippen LogP contribution in [0.1, 0.15) is 47.4 Å². The predicted molar refractivity (Wildman–Crippen MR) is 94.9 cm³/mol. The second-order valence-electron chi connectivity index (χ2n) is 7.93. The standard InChI is InChI=1S/C19H23N5O2/c1-12-6-7-20-9-16(12)18(25)24-14-4-5-15(24)11-22-17(8-14)21-23(19(22)26)10-13-2-3-13/h6-7,9,13-15H,2-5,8,10-11H2,1H3. The first-order chi connectivity index (χ1) is 12.6. The Morgan fingerprint density at radius 3 is 2.81 bits per heavy atom. The molecule has 1 saturated carbocycles. The van der Waals surface area contributed by atoms with Crippen molar-refractivity contribution < 1.29 is 4.79 Å². The maximum Gasteiger partial charge on any atom is 0.345 e. The summed E-state index contributed by atoms with van der Waals surface area (Å²) in [6.45, 7) is 3.24. The van der Waals surface area contributed by atoms with Crippen LogP contribution in [0.3, 0.4) is 0 Å². The number of rotatable bonds is 3. The zero-order valence-corrected chi connectivity index (χ0v) is 15.0. The van der Waals surface area contributed by atoms with Crippen molar-refractivity contribution in [3.05, 3.63) is 45.9 Å². The molecule has 2 unspecified atom stereocenters. The fourth-order valence-electron chi connectivity index (χ4n) is 4.41. The summed E-state index contributed by atoms with van der Waals surface area (Å²) in [6, 6.07) is 2.04. The molecule has 26 heavy (non-hydrogen) atoms. The predicted octanol–water partition coefficient (Wildman–Crippen LogP) is 1.39. The lowest BCUT2D eigenvalue weighted by Crippen LogP contribution is -2.43. The third-order valence-corrected chi connectivity index (χ3v) is 6.06. The molecule has 1 amide bonds. The molecule has 7 nitrogen and oxygen atoms in total. The molecule has 3 aliphatic rings. The van der Waals surface area contributed by atoms with Crippen LogP contribution < -0.4 is 5.69 Å². The van der Waals surface area contributed by atoms with Gasteiger partial charge < -0.3 is 4.90 Å². The van der Waals surface area contributed by atoms with Crippen molar-refractivity contribution >= 4 is 5.91 Å². The number of pyridine rings is 1. The molecule has 5 rings (SSSR count). The number of carbonyl (C=O) groups excluding carboxylic acids is 1. The quantitative estimate of drug-likeness (QED) is 0.836. The highest BCUT2D eigenvalue weighted by molar-refractivity contribution is 5.96. The molecule has 1 saturated heterocycles. The zero-order valence-electron chi connectivity index (χ0n) is 15.0. The highest BCUT2D eigenvalue weighted by atomic mass is 16.2. The van der Waals surface area contributed by atoms with Gasteiger partial charge in [0.05, 0.1) is 11.6 Å². The number of nitrogens with zero attached hydrogens (tertiary/aromatic N) is 5. The van der Waals surface area contributed by atoms with E-state index in [1.807, 2.05) is 22.5 Å². The molecular formula is C19H23N5O2. The summed E-state index contributed by atoms with van der Waals surface area (Å²) < 4.78 is 3.46. The van der Waals surface area contributed by atoms with E-state index in [0.717, 1.165) is 30.8 Å². The first kappa shape index (κ1) is 15.8. The van der Waals surface area contributed by atoms with E-state index < -0.39 is 0 Å². The number of carbonyl (C=O) groups is 1. The van der Waals surface area contributed by atoms with Crippen molar-refractivity contribution in [2.45, 2.75) is 64.2 Å². The van der Waals surface area contributed by atoms with Gasteiger partial charge in [0.25, 0.3) is 5.91 Å². The van der Waals surface area contributed by atoms with Gasteiger partial charge in [-0.1, -0.05) is 0 Å². The van der Waals surface area contributed by atoms with Crippen LogP contribution >= 0.6 is 0 Å². The van der Waals surface area contributed by atoms with Crippen LogP contribution in [0.15, 0.2) is 23.3 Å². The summed E-state index contributed by atoms with van der Waals surface area (Å²) in [7, 11) is 0. The van der Waals surface area contributed by atoms with E-state index in [1.165, 1.54) is 12.8 Å². The summed E-state index contributed by atoms with van der Waals surface area (Å²) in [5, 5.41) is 4.61. The first-order valence-corrected chi connectivity index (χ1v) is 9.51. The largest absolute Gasteiger partial charge is 0.345 e. The lowest BCUT2D eigenvalue weighted by molar-refractivity contribution is 0.0663. The molecule has 136 valence electrons. The topological polar surface area (TPSA) is 73.0 Å². The normalized spacial score (nSPS) is 24.4. The third kappa shape index (κ3) is 2.48. The van der Waals surface area contributed by atoms with Crippen molar-refractivity contribution in [1.82, 2.24) is 24.2 Å². The highest BCUT2D eigenvalue weighted by Crippen LogP contribution is 2.33. The van der Waals surface area contributed by atoms with E-state index in [0.29, 0.717) is 24.4 Å². The third-order valence-electron chi connectivity index (χ3n) is 6.06. The van der Waals surface area contributed by atoms with Crippen molar-refractivity contribution in [1.29, 1.82) is 0 Å². The number of hydrogen-bond acceptors (Lipinski definition) is 4. The second-order valence-corrected chi connectivity index (χ2v) is 7.93. The number of hydrogen-bond donors (Lipinski definition) is 0. The van der Waals surface area contributed by atoms with Gasteiger partial charge in [0, 0.05) is 37.9 Å². The Hall–Kier alpha value is -2.44. The molecule has 2 aromatic heterocycles. The molecule has 0 spiro atoms. The lowest BCUT2D eigenvalue weighted by Gasteiger charge is -2.28. The Kier molecular flexibility index (Phi) is 3.52. The fraction of sp³-hybridized carbons (Fsp3) is 0.579. The minimum atomic E-state index is -0.00981. The average Bonchev–Trinajstić information content (AvgIpc) is 3.32. The molecular weight excluding hydrogens is 330 g/mol. The molecule has 2 aromatic rings. The van der Waals surface area contributed by atoms with Crippen LogP contribution in [0.4, 0.5) is 0 Å². The number of aromatic nitrogens is 4. The maximum absolute atomic E-state index is 13.2. The van der Waals surface area contributed by atoms with Gasteiger partial charge in [-0.3, -0.25) is 14.3 Å². The summed E-state index contributed by atoms with van der Waals surface area (Å²) in [5.41, 5.74) is 1.60. The Bertz CT molecular complexity index is 926. The highest BCUT2D eigenvalue weighted by Gasteiger charge is 2.42. The van der Waals surface area contributed by atoms with Crippen LogP contribution in [-0.4, -0.2) is 42.2 Å². The van der Waals surface area contributed by atoms with Gasteiger partial charge in [-0.05, 0) is 50.2 Å². The maximum atomic E-state index is 13.2. The van der Waals surface area contributed by atoms with E-state index >= 15 is 0 Å². The summed E-state index contributed by atoms with van der Waals surface area (Å²) >= 11 is 0. The number of fused-ring (bicyclic) bond motifs is 3. The van der Waals surface area contributed by atoms with Gasteiger partial charge in [-0.15, -0.1) is 0 Å². The van der Waals surface area contributed by atoms with E-state index in [9.17, 15) is 9.59 Å². The van der Waals surface area contributed by atoms with Gasteiger partial charge in [0.15, 0.2) is 0 Å². The van der Waals surface area contributed by atoms with Crippen LogP contribution in [-0.2, 0) is 19.5 Å². The van der Waals surface area contributed by atoms with Crippen LogP contribution in [0.2, 0.25) is 0 Å². The smallest absolute Gasteiger partial charge is 0.330 e. The van der Waals surface area contributed by atoms with Crippen molar-refractivity contribution in [3.63, 3.8) is 0 Å². The summed E-state index contributed by atoms with van der Waals surface area (Å²) in [6.07, 6.45) is 8.34. The van der Waals surface area contributed by atoms with E-state index in [4.69, 9.17) is 0 Å². The Labute approximate surface area is 151 Å². The Morgan fingerprint density at radius 1 is 1.23 bits per heavy atom. The minimum Gasteiger partial charge on any atom is -0.330 e.